The Morgan fingerprint density at radius 2 is 1.92 bits per heavy atom. The number of alkyl halides is 1. The van der Waals surface area contributed by atoms with Crippen LogP contribution in [0, 0.1) is 0 Å². The van der Waals surface area contributed by atoms with E-state index >= 15 is 0 Å². The van der Waals surface area contributed by atoms with Gasteiger partial charge in [0.1, 0.15) is 24.0 Å². The number of carbonyl (C=O) groups excluding carboxylic acids is 1. The molecule has 1 aromatic carbocycles. The van der Waals surface area contributed by atoms with Gasteiger partial charge in [-0.3, -0.25) is 23.7 Å². The molecule has 0 unspecified atom stereocenters. The summed E-state index contributed by atoms with van der Waals surface area (Å²) in [4.78, 5) is 37.7. The van der Waals surface area contributed by atoms with Crippen molar-refractivity contribution < 1.29 is 37.4 Å². The predicted octanol–water partition coefficient (Wildman–Crippen LogP) is 2.14. The fraction of sp³-hybridized carbons (Fsp3) is 0.542. The second-order valence-corrected chi connectivity index (χ2v) is 11.3. The number of H-pyrrole nitrogens is 1. The first-order chi connectivity index (χ1) is 18.0. The number of hydrogen-bond acceptors (Lipinski definition) is 9. The maximum atomic E-state index is 14.9. The molecule has 6 atom stereocenters. The number of ether oxygens (including phenoxy) is 2. The topological polar surface area (TPSA) is 158 Å². The Morgan fingerprint density at radius 1 is 1.24 bits per heavy atom. The average Bonchev–Trinajstić information content (AvgIpc) is 3.65. The maximum Gasteiger partial charge on any atom is 0.459 e. The van der Waals surface area contributed by atoms with Gasteiger partial charge in [-0.1, -0.05) is 12.1 Å². The summed E-state index contributed by atoms with van der Waals surface area (Å²) in [5.41, 5.74) is -0.490. The summed E-state index contributed by atoms with van der Waals surface area (Å²) in [6.07, 6.45) is -3.91. The number of halogens is 1. The highest BCUT2D eigenvalue weighted by molar-refractivity contribution is 7.52. The lowest BCUT2D eigenvalue weighted by atomic mass is 10.1. The molecule has 1 saturated heterocycles. The van der Waals surface area contributed by atoms with Crippen molar-refractivity contribution in [2.75, 3.05) is 6.61 Å². The molecule has 1 aromatic heterocycles. The Balaban J connectivity index is 1.49. The Kier molecular flexibility index (Phi) is 8.53. The van der Waals surface area contributed by atoms with Crippen molar-refractivity contribution in [2.24, 2.45) is 0 Å². The lowest BCUT2D eigenvalue weighted by Crippen LogP contribution is -2.37. The molecule has 2 aliphatic rings. The van der Waals surface area contributed by atoms with Crippen molar-refractivity contribution in [3.8, 4) is 5.75 Å². The van der Waals surface area contributed by atoms with E-state index in [1.807, 2.05) is 17.1 Å². The highest BCUT2D eigenvalue weighted by Gasteiger charge is 2.47. The number of aliphatic hydroxyl groups excluding tert-OH is 1. The molecule has 2 aromatic rings. The second kappa shape index (κ2) is 11.5. The Morgan fingerprint density at radius 3 is 2.53 bits per heavy atom. The monoisotopic (exact) mass is 555 g/mol. The number of esters is 1. The van der Waals surface area contributed by atoms with E-state index in [1.54, 1.807) is 26.0 Å². The second-order valence-electron chi connectivity index (χ2n) is 9.58. The summed E-state index contributed by atoms with van der Waals surface area (Å²) < 4.78 is 51.1. The zero-order chi connectivity index (χ0) is 27.6. The van der Waals surface area contributed by atoms with Crippen LogP contribution in [-0.4, -0.2) is 57.8 Å². The summed E-state index contributed by atoms with van der Waals surface area (Å²) in [6.45, 7) is 4.12. The Bertz CT molecular complexity index is 1290. The molecule has 14 heteroatoms. The van der Waals surface area contributed by atoms with Gasteiger partial charge < -0.3 is 19.1 Å². The SMILES string of the molecule is CC(C)OC(=O)[C@H](C)N[P@@](=O)(OC[C@H]1O[C@@H](n2ccc(=O)[nH]c2=O)[C@H](F)[C@@H]1O)Oc1ccc(C2CC2)cc1. The third-order valence-corrected chi connectivity index (χ3v) is 7.68. The first-order valence-electron chi connectivity index (χ1n) is 12.3. The van der Waals surface area contributed by atoms with Crippen LogP contribution >= 0.6 is 7.75 Å². The number of aromatic nitrogens is 2. The van der Waals surface area contributed by atoms with Gasteiger partial charge in [0.15, 0.2) is 12.4 Å². The number of nitrogens with one attached hydrogen (secondary N) is 2. The molecule has 2 heterocycles. The minimum absolute atomic E-state index is 0.198. The van der Waals surface area contributed by atoms with Crippen LogP contribution in [0.3, 0.4) is 0 Å². The van der Waals surface area contributed by atoms with Gasteiger partial charge >= 0.3 is 19.4 Å². The summed E-state index contributed by atoms with van der Waals surface area (Å²) in [7, 11) is -4.30. The maximum absolute atomic E-state index is 14.9. The predicted molar refractivity (Wildman–Crippen MR) is 133 cm³/mol. The summed E-state index contributed by atoms with van der Waals surface area (Å²) in [5.74, 6) is -0.00724. The number of benzene rings is 1. The molecule has 0 radical (unpaired) electrons. The lowest BCUT2D eigenvalue weighted by molar-refractivity contribution is -0.149. The molecule has 1 aliphatic carbocycles. The molecule has 38 heavy (non-hydrogen) atoms. The zero-order valence-corrected chi connectivity index (χ0v) is 22.0. The van der Waals surface area contributed by atoms with Crippen molar-refractivity contribution in [1.82, 2.24) is 14.6 Å². The number of aliphatic hydroxyl groups is 1. The fourth-order valence-corrected chi connectivity index (χ4v) is 5.44. The van der Waals surface area contributed by atoms with Crippen LogP contribution in [0.15, 0.2) is 46.1 Å². The third kappa shape index (κ3) is 6.78. The van der Waals surface area contributed by atoms with E-state index in [2.05, 4.69) is 5.09 Å². The molecule has 208 valence electrons. The van der Waals surface area contributed by atoms with Crippen LogP contribution in [0.1, 0.15) is 51.3 Å². The van der Waals surface area contributed by atoms with Gasteiger partial charge in [0.05, 0.1) is 12.7 Å². The van der Waals surface area contributed by atoms with Crippen LogP contribution in [0.2, 0.25) is 0 Å². The van der Waals surface area contributed by atoms with Crippen LogP contribution in [0.4, 0.5) is 4.39 Å². The lowest BCUT2D eigenvalue weighted by Gasteiger charge is -2.25. The summed E-state index contributed by atoms with van der Waals surface area (Å²) in [6, 6.07) is 6.84. The molecular formula is C24H31FN3O9P. The van der Waals surface area contributed by atoms with E-state index in [4.69, 9.17) is 18.5 Å². The van der Waals surface area contributed by atoms with E-state index in [0.29, 0.717) is 5.92 Å². The van der Waals surface area contributed by atoms with E-state index in [1.165, 1.54) is 6.92 Å². The molecule has 2 fully saturated rings. The van der Waals surface area contributed by atoms with Crippen LogP contribution in [0.5, 0.6) is 5.75 Å². The van der Waals surface area contributed by atoms with Crippen LogP contribution in [0.25, 0.3) is 0 Å². The zero-order valence-electron chi connectivity index (χ0n) is 21.1. The quantitative estimate of drug-likeness (QED) is 0.277. The van der Waals surface area contributed by atoms with Gasteiger partial charge in [-0.05, 0) is 57.2 Å². The van der Waals surface area contributed by atoms with Crippen molar-refractivity contribution >= 4 is 13.7 Å². The van der Waals surface area contributed by atoms with Crippen LogP contribution < -0.4 is 20.9 Å². The largest absolute Gasteiger partial charge is 0.462 e. The molecule has 1 saturated carbocycles. The van der Waals surface area contributed by atoms with Crippen LogP contribution in [-0.2, 0) is 23.4 Å². The molecule has 0 bridgehead atoms. The molecule has 0 spiro atoms. The normalized spacial score (nSPS) is 25.6. The Hall–Kier alpha value is -2.83. The molecule has 1 aliphatic heterocycles. The van der Waals surface area contributed by atoms with E-state index in [0.717, 1.165) is 35.2 Å². The standard InChI is InChI=1S/C24H31FN3O9P/c1-13(2)35-23(31)14(3)27-38(33,37-17-8-6-16(7-9-17)15-4-5-15)34-12-18-21(30)20(25)22(36-18)28-11-10-19(29)26-24(28)32/h6-11,13-15,18,20-22,30H,4-5,12H2,1-3H3,(H,27,33)(H,26,29,32)/t14-,18+,20+,21+,22+,38+/m0/s1. The number of hydrogen-bond donors (Lipinski definition) is 3. The number of nitrogens with zero attached hydrogens (tertiary/aromatic N) is 1. The molecule has 3 N–H and O–H groups in total. The highest BCUT2D eigenvalue weighted by Crippen LogP contribution is 2.47. The van der Waals surface area contributed by atoms with Gasteiger partial charge in [-0.15, -0.1) is 0 Å². The third-order valence-electron chi connectivity index (χ3n) is 6.04. The van der Waals surface area contributed by atoms with Crippen molar-refractivity contribution in [1.29, 1.82) is 0 Å². The number of aromatic amines is 1. The summed E-state index contributed by atoms with van der Waals surface area (Å²) >= 11 is 0. The highest BCUT2D eigenvalue weighted by atomic mass is 31.2. The van der Waals surface area contributed by atoms with Crippen molar-refractivity contribution in [3.63, 3.8) is 0 Å². The van der Waals surface area contributed by atoms with E-state index in [9.17, 15) is 28.4 Å². The first-order valence-corrected chi connectivity index (χ1v) is 13.8. The van der Waals surface area contributed by atoms with Gasteiger partial charge in [0.25, 0.3) is 5.56 Å². The van der Waals surface area contributed by atoms with E-state index < -0.39 is 68.3 Å². The average molecular weight is 555 g/mol. The minimum atomic E-state index is -4.30. The molecule has 12 nitrogen and oxygen atoms in total. The van der Waals surface area contributed by atoms with Crippen molar-refractivity contribution in [3.05, 3.63) is 62.9 Å². The minimum Gasteiger partial charge on any atom is -0.462 e. The van der Waals surface area contributed by atoms with Gasteiger partial charge in [-0.2, -0.15) is 5.09 Å². The molecule has 4 rings (SSSR count). The number of carbonyl (C=O) groups is 1. The van der Waals surface area contributed by atoms with Crippen molar-refractivity contribution in [2.45, 2.75) is 76.3 Å². The van der Waals surface area contributed by atoms with Gasteiger partial charge in [0, 0.05) is 12.3 Å². The number of rotatable bonds is 11. The Labute approximate surface area is 217 Å². The van der Waals surface area contributed by atoms with E-state index in [-0.39, 0.29) is 5.75 Å². The summed E-state index contributed by atoms with van der Waals surface area (Å²) in [5, 5.41) is 12.9. The van der Waals surface area contributed by atoms with Gasteiger partial charge in [-0.25, -0.2) is 13.8 Å². The molecular weight excluding hydrogens is 524 g/mol. The first kappa shape index (κ1) is 28.2. The smallest absolute Gasteiger partial charge is 0.459 e. The van der Waals surface area contributed by atoms with Gasteiger partial charge in [0.2, 0.25) is 0 Å². The molecule has 0 amide bonds. The fourth-order valence-electron chi connectivity index (χ4n) is 3.94.